The molecule has 19 nitrogen and oxygen atoms in total. The number of nitrogens with one attached hydrogen (secondary N) is 4. The lowest BCUT2D eigenvalue weighted by Gasteiger charge is -2.19. The van der Waals surface area contributed by atoms with E-state index in [1.54, 1.807) is 66.5 Å². The van der Waals surface area contributed by atoms with Crippen molar-refractivity contribution in [2.75, 3.05) is 47.1 Å². The van der Waals surface area contributed by atoms with Gasteiger partial charge in [0.15, 0.2) is 0 Å². The number of hydrogen-bond donors (Lipinski definition) is 4. The molecule has 0 saturated carbocycles. The molecule has 4 N–H and O–H groups in total. The molecule has 5 atom stereocenters. The molecule has 4 aliphatic rings. The summed E-state index contributed by atoms with van der Waals surface area (Å²) in [5, 5.41) is 56.1. The number of methoxy groups -OCH3 is 2. The summed E-state index contributed by atoms with van der Waals surface area (Å²) in [7, 11) is 3.46. The Balaban J connectivity index is 0.000000142. The van der Waals surface area contributed by atoms with E-state index in [2.05, 4.69) is 152 Å². The fourth-order valence-electron chi connectivity index (χ4n) is 16.3. The summed E-state index contributed by atoms with van der Waals surface area (Å²) in [4.78, 5) is 34.6. The topological polar surface area (TPSA) is 267 Å². The van der Waals surface area contributed by atoms with E-state index in [1.165, 1.54) is 71.6 Å². The number of carbonyl (C=O) groups excluding carboxylic acids is 1. The largest absolute Gasteiger partial charge is 0.490 e. The van der Waals surface area contributed by atoms with Crippen molar-refractivity contribution in [3.63, 3.8) is 0 Å². The van der Waals surface area contributed by atoms with Crippen LogP contribution in [0.3, 0.4) is 0 Å². The Morgan fingerprint density at radius 2 is 0.677 bits per heavy atom. The smallest absolute Gasteiger partial charge is 0.143 e. The van der Waals surface area contributed by atoms with Gasteiger partial charge < -0.3 is 49.7 Å². The predicted molar refractivity (Wildman–Crippen MR) is 499 cm³/mol. The number of thiazole rings is 4. The summed E-state index contributed by atoms with van der Waals surface area (Å²) < 4.78 is 33.3. The van der Waals surface area contributed by atoms with Crippen LogP contribution >= 0.6 is 45.3 Å². The van der Waals surface area contributed by atoms with Crippen LogP contribution < -0.4 is 40.2 Å². The molecule has 23 heteroatoms. The summed E-state index contributed by atoms with van der Waals surface area (Å²) in [6.07, 6.45) is 17.5. The van der Waals surface area contributed by atoms with E-state index in [9.17, 15) is 25.8 Å². The number of ether oxygens (including phenoxy) is 6. The van der Waals surface area contributed by atoms with Gasteiger partial charge in [-0.05, 0) is 267 Å². The van der Waals surface area contributed by atoms with E-state index in [0.29, 0.717) is 76.0 Å². The lowest BCUT2D eigenvalue weighted by atomic mass is 10.0. The maximum absolute atomic E-state index is 11.4. The molecule has 0 bridgehead atoms. The molecule has 4 aliphatic carbocycles. The molecular formula is C101H108N12O7S4. The summed E-state index contributed by atoms with van der Waals surface area (Å²) in [6, 6.07) is 59.8. The van der Waals surface area contributed by atoms with Crippen LogP contribution in [0.25, 0.3) is 84.0 Å². The van der Waals surface area contributed by atoms with Crippen molar-refractivity contribution < 1.29 is 33.2 Å². The molecule has 0 radical (unpaired) electrons. The molecular weight excluding hydrogens is 1620 g/mol. The Bertz CT molecular complexity index is 5720. The molecule has 12 aromatic rings. The number of hydrogen-bond acceptors (Lipinski definition) is 23. The minimum atomic E-state index is 0.0124. The molecule has 0 aliphatic heterocycles. The fraction of sp³-hybridized carbons (Fsp3) is 0.356. The zero-order valence-corrected chi connectivity index (χ0v) is 76.1. The van der Waals surface area contributed by atoms with E-state index in [-0.39, 0.29) is 36.2 Å². The van der Waals surface area contributed by atoms with Crippen LogP contribution in [0.4, 0.5) is 0 Å². The molecule has 1 unspecified atom stereocenters. The summed E-state index contributed by atoms with van der Waals surface area (Å²) in [5.41, 5.74) is 21.9. The second kappa shape index (κ2) is 43.0. The fourth-order valence-corrected chi connectivity index (χ4v) is 20.2. The van der Waals surface area contributed by atoms with Gasteiger partial charge in [0, 0.05) is 105 Å². The molecule has 124 heavy (non-hydrogen) atoms. The molecule has 0 spiro atoms. The van der Waals surface area contributed by atoms with E-state index >= 15 is 0 Å². The minimum Gasteiger partial charge on any atom is -0.490 e. The van der Waals surface area contributed by atoms with Crippen molar-refractivity contribution in [2.45, 2.75) is 189 Å². The predicted octanol–water partition coefficient (Wildman–Crippen LogP) is 22.5. The number of carbonyl (C=O) groups is 1. The van der Waals surface area contributed by atoms with Gasteiger partial charge in [-0.15, -0.1) is 45.3 Å². The molecule has 0 amide bonds. The molecule has 4 heterocycles. The molecule has 8 aromatic carbocycles. The first-order valence-corrected chi connectivity index (χ1v) is 46.0. The molecule has 4 aromatic heterocycles. The highest BCUT2D eigenvalue weighted by Crippen LogP contribution is 2.47. The van der Waals surface area contributed by atoms with Crippen molar-refractivity contribution in [2.24, 2.45) is 0 Å². The molecule has 0 fully saturated rings. The van der Waals surface area contributed by atoms with E-state index < -0.39 is 0 Å². The van der Waals surface area contributed by atoms with Crippen molar-refractivity contribution in [3.05, 3.63) is 237 Å². The summed E-state index contributed by atoms with van der Waals surface area (Å²) in [6.45, 7) is 25.3. The zero-order chi connectivity index (χ0) is 87.5. The van der Waals surface area contributed by atoms with Crippen LogP contribution in [0.1, 0.15) is 199 Å². The highest BCUT2D eigenvalue weighted by molar-refractivity contribution is 7.19. The Morgan fingerprint density at radius 1 is 0.403 bits per heavy atom. The first kappa shape index (κ1) is 90.6. The van der Waals surface area contributed by atoms with Gasteiger partial charge in [0.1, 0.15) is 73.1 Å². The number of nitrogens with zero attached hydrogens (tertiary/aromatic N) is 8. The third kappa shape index (κ3) is 22.1. The van der Waals surface area contributed by atoms with Gasteiger partial charge in [0.05, 0.1) is 85.9 Å². The third-order valence-corrected chi connectivity index (χ3v) is 26.4. The number of nitriles is 4. The average Bonchev–Trinajstić information content (AvgIpc) is 1.65. The second-order valence-electron chi connectivity index (χ2n) is 32.4. The second-order valence-corrected chi connectivity index (χ2v) is 36.5. The van der Waals surface area contributed by atoms with Crippen molar-refractivity contribution in [1.29, 1.82) is 21.0 Å². The Kier molecular flexibility index (Phi) is 31.4. The van der Waals surface area contributed by atoms with Gasteiger partial charge in [-0.2, -0.15) is 21.0 Å². The summed E-state index contributed by atoms with van der Waals surface area (Å²) in [5.74, 6) is 2.61. The maximum Gasteiger partial charge on any atom is 0.143 e. The standard InChI is InChI=1S/C26H29N3OS.C25H25N3O2S.2C25H27N3O2S/c1-5-17(4)29-23-11-10-20-21(23)7-6-8-22(20)25-15-28-26(31-25)18-9-12-24(30-16(2)3)19(13-18)14-27;1-15(2)30-23-10-7-17(11-18(23)12-26)25-28-14-24(31-25)21-6-4-5-20-19(21)8-9-22(20)27-13-16(3)29;2*1-16(2)30-23-10-7-17(13-18(23)14-26)25-28-15-24(31-25)21-6-4-5-20-19(21)8-9-22(20)27-11-12-29-3/h6-9,12-13,15-17,23,29H,5,10-11H2,1-4H3;4-7,10-11,14-15,22,27H,8-9,13H2,1-3H3;2*4-7,10,13,15-16,22,27H,8-9,11-12H2,1-3H3/t17-,23?;3*22-/m1110/s1. The van der Waals surface area contributed by atoms with E-state index in [0.717, 1.165) is 141 Å². The van der Waals surface area contributed by atoms with Crippen molar-refractivity contribution >= 4 is 51.1 Å². The summed E-state index contributed by atoms with van der Waals surface area (Å²) >= 11 is 6.64. The Morgan fingerprint density at radius 3 is 0.935 bits per heavy atom. The number of fused-ring (bicyclic) bond motifs is 4. The minimum absolute atomic E-state index is 0.0124. The monoisotopic (exact) mass is 1730 g/mol. The van der Waals surface area contributed by atoms with Gasteiger partial charge in [-0.25, -0.2) is 19.9 Å². The maximum atomic E-state index is 11.4. The van der Waals surface area contributed by atoms with E-state index in [4.69, 9.17) is 28.4 Å². The third-order valence-electron chi connectivity index (χ3n) is 22.1. The lowest BCUT2D eigenvalue weighted by molar-refractivity contribution is -0.116. The lowest BCUT2D eigenvalue weighted by Crippen LogP contribution is -2.28. The average molecular weight is 1730 g/mol. The Hall–Kier alpha value is -11.1. The van der Waals surface area contributed by atoms with Crippen LogP contribution in [0.2, 0.25) is 0 Å². The van der Waals surface area contributed by atoms with Crippen LogP contribution in [0, 0.1) is 45.3 Å². The normalized spacial score (nSPS) is 15.4. The van der Waals surface area contributed by atoms with Gasteiger partial charge in [-0.3, -0.25) is 4.79 Å². The van der Waals surface area contributed by atoms with Crippen LogP contribution in [0.15, 0.2) is 170 Å². The zero-order valence-electron chi connectivity index (χ0n) is 72.8. The molecule has 16 rings (SSSR count). The van der Waals surface area contributed by atoms with Gasteiger partial charge in [0.2, 0.25) is 0 Å². The number of rotatable bonds is 30. The van der Waals surface area contributed by atoms with Crippen LogP contribution in [0.5, 0.6) is 23.0 Å². The molecule has 0 saturated heterocycles. The van der Waals surface area contributed by atoms with Crippen molar-refractivity contribution in [3.8, 4) is 131 Å². The molecule has 638 valence electrons. The highest BCUT2D eigenvalue weighted by atomic mass is 32.1. The first-order valence-electron chi connectivity index (χ1n) is 42.8. The Labute approximate surface area is 745 Å². The number of benzene rings is 8. The van der Waals surface area contributed by atoms with Gasteiger partial charge >= 0.3 is 0 Å². The number of aromatic nitrogens is 4. The van der Waals surface area contributed by atoms with Crippen LogP contribution in [-0.2, 0) is 40.0 Å². The van der Waals surface area contributed by atoms with Crippen molar-refractivity contribution in [1.82, 2.24) is 41.2 Å². The first-order chi connectivity index (χ1) is 60.2. The highest BCUT2D eigenvalue weighted by Gasteiger charge is 2.31. The number of ketones is 1. The van der Waals surface area contributed by atoms with Crippen LogP contribution in [-0.4, -0.2) is 103 Å². The van der Waals surface area contributed by atoms with E-state index in [1.807, 2.05) is 153 Å². The van der Waals surface area contributed by atoms with Gasteiger partial charge in [-0.1, -0.05) is 79.7 Å². The van der Waals surface area contributed by atoms with Gasteiger partial charge in [0.25, 0.3) is 0 Å². The SMILES string of the molecule is CC(=O)CN[C@@H]1CCc2c(-c3cnc(-c4ccc(OC(C)C)c(C#N)c4)s3)cccc21.CC[C@@H](C)NC1CCc2c(-c3cnc(-c4ccc(OC(C)C)c(C#N)c4)s3)cccc21.COCCN[C@@H]1CCc2c(-c3cnc(-c4ccc(OC(C)C)c(C#N)c4)s3)cccc21.COCCN[C@H]1CCc2c(-c3cnc(-c4ccc(OC(C)C)c(C#N)c4)s3)cccc21. The number of Topliss-reactive ketones (excluding diaryl/α,β-unsaturated/α-hetero) is 1. The quantitative estimate of drug-likeness (QED) is 0.0305.